The number of sulfonamides is 1. The molecule has 1 amide bonds. The standard InChI is InChI=1S/C22H18ClN3O3S2/c1-2-21(27)24-14-7-10-16(11-8-14)31(28,29)26-15-9-12-17(18(23)13-15)22-25-19-5-3-4-6-20(19)30-22/h3-13,26H,2H2,1H3,(H,24,27). The number of halogens is 1. The summed E-state index contributed by atoms with van der Waals surface area (Å²) in [5.74, 6) is -0.142. The van der Waals surface area contributed by atoms with Crippen molar-refractivity contribution in [1.29, 1.82) is 0 Å². The van der Waals surface area contributed by atoms with Crippen molar-refractivity contribution in [2.45, 2.75) is 18.2 Å². The third kappa shape index (κ3) is 4.71. The molecule has 0 aliphatic heterocycles. The van der Waals surface area contributed by atoms with Gasteiger partial charge in [0, 0.05) is 17.7 Å². The molecule has 158 valence electrons. The number of hydrogen-bond donors (Lipinski definition) is 2. The summed E-state index contributed by atoms with van der Waals surface area (Å²) in [5.41, 5.74) is 2.51. The molecule has 31 heavy (non-hydrogen) atoms. The number of anilines is 2. The average Bonchev–Trinajstić information content (AvgIpc) is 3.17. The summed E-state index contributed by atoms with van der Waals surface area (Å²) in [4.78, 5) is 16.1. The first-order chi connectivity index (χ1) is 14.9. The lowest BCUT2D eigenvalue weighted by atomic mass is 10.2. The Morgan fingerprint density at radius 1 is 1.03 bits per heavy atom. The minimum Gasteiger partial charge on any atom is -0.326 e. The van der Waals surface area contributed by atoms with Crippen LogP contribution in [0.25, 0.3) is 20.8 Å². The Morgan fingerprint density at radius 3 is 2.42 bits per heavy atom. The Balaban J connectivity index is 1.54. The smallest absolute Gasteiger partial charge is 0.261 e. The Bertz CT molecular complexity index is 1330. The number of amides is 1. The van der Waals surface area contributed by atoms with Crippen LogP contribution in [0.5, 0.6) is 0 Å². The van der Waals surface area contributed by atoms with E-state index >= 15 is 0 Å². The van der Waals surface area contributed by atoms with E-state index in [0.29, 0.717) is 22.8 Å². The van der Waals surface area contributed by atoms with Gasteiger partial charge in [-0.15, -0.1) is 11.3 Å². The number of para-hydroxylation sites is 1. The van der Waals surface area contributed by atoms with Crippen molar-refractivity contribution in [3.63, 3.8) is 0 Å². The van der Waals surface area contributed by atoms with Gasteiger partial charge in [-0.05, 0) is 54.6 Å². The quantitative estimate of drug-likeness (QED) is 0.374. The van der Waals surface area contributed by atoms with Crippen molar-refractivity contribution in [2.75, 3.05) is 10.0 Å². The summed E-state index contributed by atoms with van der Waals surface area (Å²) in [5, 5.41) is 3.85. The molecule has 0 spiro atoms. The van der Waals surface area contributed by atoms with Gasteiger partial charge in [0.15, 0.2) is 0 Å². The highest BCUT2D eigenvalue weighted by Gasteiger charge is 2.16. The fourth-order valence-corrected chi connectivity index (χ4v) is 5.30. The maximum atomic E-state index is 12.7. The lowest BCUT2D eigenvalue weighted by Crippen LogP contribution is -2.13. The zero-order valence-corrected chi connectivity index (χ0v) is 18.8. The van der Waals surface area contributed by atoms with Crippen molar-refractivity contribution in [1.82, 2.24) is 4.98 Å². The van der Waals surface area contributed by atoms with Gasteiger partial charge in [0.05, 0.1) is 25.8 Å². The van der Waals surface area contributed by atoms with Gasteiger partial charge in [0.2, 0.25) is 5.91 Å². The van der Waals surface area contributed by atoms with Crippen LogP contribution in [0.4, 0.5) is 11.4 Å². The van der Waals surface area contributed by atoms with Gasteiger partial charge >= 0.3 is 0 Å². The summed E-state index contributed by atoms with van der Waals surface area (Å²) < 4.78 is 29.0. The van der Waals surface area contributed by atoms with Crippen LogP contribution < -0.4 is 10.0 Å². The van der Waals surface area contributed by atoms with Crippen molar-refractivity contribution >= 4 is 60.5 Å². The number of nitrogens with one attached hydrogen (secondary N) is 2. The molecule has 6 nitrogen and oxygen atoms in total. The second-order valence-corrected chi connectivity index (χ2v) is 9.83. The molecule has 3 aromatic carbocycles. The molecule has 0 saturated heterocycles. The van der Waals surface area contributed by atoms with Gasteiger partial charge in [0.25, 0.3) is 10.0 Å². The number of benzene rings is 3. The molecule has 9 heteroatoms. The molecule has 2 N–H and O–H groups in total. The van der Waals surface area contributed by atoms with Crippen LogP contribution in [-0.4, -0.2) is 19.3 Å². The van der Waals surface area contributed by atoms with Crippen molar-refractivity contribution in [3.05, 3.63) is 71.8 Å². The summed E-state index contributed by atoms with van der Waals surface area (Å²) in [6.07, 6.45) is 0.343. The zero-order valence-electron chi connectivity index (χ0n) is 16.4. The Labute approximate surface area is 189 Å². The minimum atomic E-state index is -3.81. The van der Waals surface area contributed by atoms with Crippen LogP contribution in [0, 0.1) is 0 Å². The normalized spacial score (nSPS) is 11.4. The van der Waals surface area contributed by atoms with Crippen LogP contribution in [0.2, 0.25) is 5.02 Å². The molecule has 1 heterocycles. The lowest BCUT2D eigenvalue weighted by molar-refractivity contribution is -0.115. The van der Waals surface area contributed by atoms with Gasteiger partial charge in [-0.1, -0.05) is 30.7 Å². The summed E-state index contributed by atoms with van der Waals surface area (Å²) >= 11 is 7.96. The number of fused-ring (bicyclic) bond motifs is 1. The average molecular weight is 472 g/mol. The fourth-order valence-electron chi connectivity index (χ4n) is 2.92. The monoisotopic (exact) mass is 471 g/mol. The van der Waals surface area contributed by atoms with E-state index in [1.54, 1.807) is 37.3 Å². The molecule has 4 aromatic rings. The molecule has 0 aliphatic carbocycles. The SMILES string of the molecule is CCC(=O)Nc1ccc(S(=O)(=O)Nc2ccc(-c3nc4ccccc4s3)c(Cl)c2)cc1. The predicted molar refractivity (Wildman–Crippen MR) is 126 cm³/mol. The highest BCUT2D eigenvalue weighted by molar-refractivity contribution is 7.92. The third-order valence-electron chi connectivity index (χ3n) is 4.52. The van der Waals surface area contributed by atoms with E-state index in [9.17, 15) is 13.2 Å². The van der Waals surface area contributed by atoms with E-state index in [2.05, 4.69) is 15.0 Å². The number of nitrogens with zero attached hydrogens (tertiary/aromatic N) is 1. The van der Waals surface area contributed by atoms with Gasteiger partial charge in [-0.3, -0.25) is 9.52 Å². The van der Waals surface area contributed by atoms with Crippen molar-refractivity contribution < 1.29 is 13.2 Å². The molecule has 0 saturated carbocycles. The maximum absolute atomic E-state index is 12.7. The second-order valence-electron chi connectivity index (χ2n) is 6.71. The Morgan fingerprint density at radius 2 is 1.74 bits per heavy atom. The van der Waals surface area contributed by atoms with E-state index in [1.165, 1.54) is 23.5 Å². The van der Waals surface area contributed by atoms with Gasteiger partial charge in [0.1, 0.15) is 5.01 Å². The Hall–Kier alpha value is -2.94. The molecular formula is C22H18ClN3O3S2. The van der Waals surface area contributed by atoms with Crippen LogP contribution in [0.15, 0.2) is 71.6 Å². The van der Waals surface area contributed by atoms with Crippen molar-refractivity contribution in [3.8, 4) is 10.6 Å². The number of hydrogen-bond acceptors (Lipinski definition) is 5. The van der Waals surface area contributed by atoms with Crippen LogP contribution in [0.3, 0.4) is 0 Å². The largest absolute Gasteiger partial charge is 0.326 e. The number of carbonyl (C=O) groups is 1. The topological polar surface area (TPSA) is 88.2 Å². The first-order valence-corrected chi connectivity index (χ1v) is 12.1. The van der Waals surface area contributed by atoms with E-state index in [4.69, 9.17) is 11.6 Å². The van der Waals surface area contributed by atoms with Crippen LogP contribution in [-0.2, 0) is 14.8 Å². The molecule has 0 radical (unpaired) electrons. The van der Waals surface area contributed by atoms with Gasteiger partial charge in [-0.2, -0.15) is 0 Å². The number of aromatic nitrogens is 1. The maximum Gasteiger partial charge on any atom is 0.261 e. The molecule has 0 fully saturated rings. The van der Waals surface area contributed by atoms with Gasteiger partial charge in [-0.25, -0.2) is 13.4 Å². The predicted octanol–water partition coefficient (Wildman–Crippen LogP) is 5.77. The van der Waals surface area contributed by atoms with E-state index < -0.39 is 10.0 Å². The van der Waals surface area contributed by atoms with Gasteiger partial charge < -0.3 is 5.32 Å². The Kier molecular flexibility index (Phi) is 5.95. The first-order valence-electron chi connectivity index (χ1n) is 9.44. The van der Waals surface area contributed by atoms with Crippen LogP contribution in [0.1, 0.15) is 13.3 Å². The molecule has 0 bridgehead atoms. The number of carbonyl (C=O) groups excluding carboxylic acids is 1. The minimum absolute atomic E-state index is 0.0772. The van der Waals surface area contributed by atoms with Crippen LogP contribution >= 0.6 is 22.9 Å². The highest BCUT2D eigenvalue weighted by Crippen LogP contribution is 2.36. The summed E-state index contributed by atoms with van der Waals surface area (Å²) in [7, 11) is -3.81. The molecular weight excluding hydrogens is 454 g/mol. The lowest BCUT2D eigenvalue weighted by Gasteiger charge is -2.10. The van der Waals surface area contributed by atoms with Crippen molar-refractivity contribution in [2.24, 2.45) is 0 Å². The number of thiazole rings is 1. The molecule has 0 atom stereocenters. The second kappa shape index (κ2) is 8.66. The molecule has 0 aliphatic rings. The summed E-state index contributed by atoms with van der Waals surface area (Å²) in [6, 6.07) is 18.7. The fraction of sp³-hybridized carbons (Fsp3) is 0.0909. The summed E-state index contributed by atoms with van der Waals surface area (Å²) in [6.45, 7) is 1.74. The molecule has 1 aromatic heterocycles. The van der Waals surface area contributed by atoms with E-state index in [1.807, 2.05) is 24.3 Å². The van der Waals surface area contributed by atoms with E-state index in [-0.39, 0.29) is 10.8 Å². The highest BCUT2D eigenvalue weighted by atomic mass is 35.5. The van der Waals surface area contributed by atoms with E-state index in [0.717, 1.165) is 20.8 Å². The molecule has 4 rings (SSSR count). The zero-order chi connectivity index (χ0) is 22.0. The first kappa shape index (κ1) is 21.3. The molecule has 0 unspecified atom stereocenters. The number of rotatable bonds is 6. The third-order valence-corrected chi connectivity index (χ3v) is 7.29.